The molecule has 0 aromatic heterocycles. The highest BCUT2D eigenvalue weighted by molar-refractivity contribution is 5.46. The molecule has 2 fully saturated rings. The van der Waals surface area contributed by atoms with Crippen LogP contribution in [-0.2, 0) is 11.8 Å². The molecule has 2 unspecified atom stereocenters. The summed E-state index contributed by atoms with van der Waals surface area (Å²) >= 11 is 0. The van der Waals surface area contributed by atoms with Gasteiger partial charge in [0, 0.05) is 11.5 Å². The molecule has 3 aliphatic rings. The van der Waals surface area contributed by atoms with Crippen LogP contribution in [0.4, 0.5) is 0 Å². The number of fused-ring (bicyclic) bond motifs is 2. The quantitative estimate of drug-likeness (QED) is 0.892. The van der Waals surface area contributed by atoms with E-state index >= 15 is 0 Å². The van der Waals surface area contributed by atoms with Crippen LogP contribution in [0.1, 0.15) is 48.8 Å². The summed E-state index contributed by atoms with van der Waals surface area (Å²) in [5.74, 6) is 0.893. The highest BCUT2D eigenvalue weighted by Gasteiger charge is 2.56. The Morgan fingerprint density at radius 1 is 1.29 bits per heavy atom. The van der Waals surface area contributed by atoms with E-state index in [1.807, 2.05) is 0 Å². The first-order valence-corrected chi connectivity index (χ1v) is 8.82. The Bertz CT molecular complexity index is 518. The molecule has 4 rings (SSSR count). The first-order chi connectivity index (χ1) is 10.3. The third-order valence-electron chi connectivity index (χ3n) is 6.06. The lowest BCUT2D eigenvalue weighted by atomic mass is 9.79. The molecule has 1 saturated carbocycles. The van der Waals surface area contributed by atoms with E-state index in [-0.39, 0.29) is 0 Å². The van der Waals surface area contributed by atoms with Crippen molar-refractivity contribution in [2.75, 3.05) is 19.6 Å². The third kappa shape index (κ3) is 2.53. The van der Waals surface area contributed by atoms with E-state index in [1.54, 1.807) is 11.1 Å². The molecule has 114 valence electrons. The SMILES string of the molecule is Cc1ccc2c(c1)C1(CCC2)CC1NCC1CCNCC1. The Balaban J connectivity index is 1.44. The summed E-state index contributed by atoms with van der Waals surface area (Å²) in [6.45, 7) is 5.89. The van der Waals surface area contributed by atoms with Gasteiger partial charge in [0.25, 0.3) is 0 Å². The third-order valence-corrected chi connectivity index (χ3v) is 6.06. The number of benzene rings is 1. The van der Waals surface area contributed by atoms with Crippen molar-refractivity contribution in [3.63, 3.8) is 0 Å². The van der Waals surface area contributed by atoms with Crippen molar-refractivity contribution in [2.24, 2.45) is 5.92 Å². The molecular formula is C19H28N2. The largest absolute Gasteiger partial charge is 0.317 e. The van der Waals surface area contributed by atoms with Gasteiger partial charge in [-0.05, 0) is 82.1 Å². The monoisotopic (exact) mass is 284 g/mol. The van der Waals surface area contributed by atoms with Crippen LogP contribution in [0.5, 0.6) is 0 Å². The average Bonchev–Trinajstić information content (AvgIpc) is 3.21. The summed E-state index contributed by atoms with van der Waals surface area (Å²) in [5.41, 5.74) is 5.22. The molecule has 1 aromatic rings. The maximum atomic E-state index is 3.92. The van der Waals surface area contributed by atoms with Gasteiger partial charge in [-0.25, -0.2) is 0 Å². The van der Waals surface area contributed by atoms with Gasteiger partial charge < -0.3 is 10.6 Å². The van der Waals surface area contributed by atoms with E-state index in [2.05, 4.69) is 35.8 Å². The van der Waals surface area contributed by atoms with Crippen molar-refractivity contribution in [2.45, 2.75) is 56.9 Å². The van der Waals surface area contributed by atoms with Crippen LogP contribution in [0.25, 0.3) is 0 Å². The molecule has 1 saturated heterocycles. The van der Waals surface area contributed by atoms with Gasteiger partial charge in [-0.1, -0.05) is 23.8 Å². The molecule has 1 spiro atoms. The zero-order valence-electron chi connectivity index (χ0n) is 13.3. The smallest absolute Gasteiger partial charge is 0.0174 e. The standard InChI is InChI=1S/C19H28N2/c1-14-4-5-16-3-2-8-19(17(16)11-14)12-18(19)21-13-15-6-9-20-10-7-15/h4-5,11,15,18,20-21H,2-3,6-10,12-13H2,1H3. The Morgan fingerprint density at radius 3 is 3.00 bits per heavy atom. The van der Waals surface area contributed by atoms with Crippen molar-refractivity contribution in [1.82, 2.24) is 10.6 Å². The average molecular weight is 284 g/mol. The Morgan fingerprint density at radius 2 is 2.14 bits per heavy atom. The van der Waals surface area contributed by atoms with Gasteiger partial charge in [0.2, 0.25) is 0 Å². The first-order valence-electron chi connectivity index (χ1n) is 8.82. The lowest BCUT2D eigenvalue weighted by Gasteiger charge is -2.28. The number of piperidine rings is 1. The molecule has 2 heteroatoms. The van der Waals surface area contributed by atoms with Gasteiger partial charge in [0.05, 0.1) is 0 Å². The fraction of sp³-hybridized carbons (Fsp3) is 0.684. The second kappa shape index (κ2) is 5.40. The molecule has 1 aromatic carbocycles. The lowest BCUT2D eigenvalue weighted by molar-refractivity contribution is 0.349. The van der Waals surface area contributed by atoms with E-state index in [9.17, 15) is 0 Å². The van der Waals surface area contributed by atoms with E-state index in [4.69, 9.17) is 0 Å². The van der Waals surface area contributed by atoms with Gasteiger partial charge in [-0.3, -0.25) is 0 Å². The van der Waals surface area contributed by atoms with Crippen LogP contribution in [0.15, 0.2) is 18.2 Å². The van der Waals surface area contributed by atoms with Crippen LogP contribution in [0, 0.1) is 12.8 Å². The molecule has 21 heavy (non-hydrogen) atoms. The lowest BCUT2D eigenvalue weighted by Crippen LogP contribution is -2.36. The number of hydrogen-bond donors (Lipinski definition) is 2. The number of nitrogens with one attached hydrogen (secondary N) is 2. The summed E-state index contributed by atoms with van der Waals surface area (Å²) in [6, 6.07) is 7.89. The van der Waals surface area contributed by atoms with Crippen molar-refractivity contribution in [3.05, 3.63) is 34.9 Å². The van der Waals surface area contributed by atoms with Crippen LogP contribution in [-0.4, -0.2) is 25.7 Å². The van der Waals surface area contributed by atoms with Crippen molar-refractivity contribution >= 4 is 0 Å². The van der Waals surface area contributed by atoms with Crippen LogP contribution in [0.2, 0.25) is 0 Å². The predicted octanol–water partition coefficient (Wildman–Crippen LogP) is 2.93. The molecular weight excluding hydrogens is 256 g/mol. The summed E-state index contributed by atoms with van der Waals surface area (Å²) in [5, 5.41) is 7.39. The van der Waals surface area contributed by atoms with Gasteiger partial charge >= 0.3 is 0 Å². The fourth-order valence-electron chi connectivity index (χ4n) is 4.64. The summed E-state index contributed by atoms with van der Waals surface area (Å²) in [6.07, 6.45) is 8.13. The van der Waals surface area contributed by atoms with E-state index in [0.29, 0.717) is 5.41 Å². The van der Waals surface area contributed by atoms with Gasteiger partial charge in [0.1, 0.15) is 0 Å². The Labute approximate surface area is 128 Å². The van der Waals surface area contributed by atoms with Gasteiger partial charge in [-0.15, -0.1) is 0 Å². The second-order valence-electron chi connectivity index (χ2n) is 7.53. The van der Waals surface area contributed by atoms with Crippen molar-refractivity contribution in [3.8, 4) is 0 Å². The summed E-state index contributed by atoms with van der Waals surface area (Å²) in [4.78, 5) is 0. The summed E-state index contributed by atoms with van der Waals surface area (Å²) in [7, 11) is 0. The van der Waals surface area contributed by atoms with E-state index in [0.717, 1.165) is 12.0 Å². The minimum atomic E-state index is 0.493. The number of rotatable bonds is 3. The van der Waals surface area contributed by atoms with E-state index in [1.165, 1.54) is 63.7 Å². The second-order valence-corrected chi connectivity index (χ2v) is 7.53. The normalized spacial score (nSPS) is 32.1. The molecule has 0 bridgehead atoms. The number of aryl methyl sites for hydroxylation is 2. The highest BCUT2D eigenvalue weighted by atomic mass is 15.0. The zero-order valence-corrected chi connectivity index (χ0v) is 13.3. The van der Waals surface area contributed by atoms with Crippen molar-refractivity contribution < 1.29 is 0 Å². The Kier molecular flexibility index (Phi) is 3.55. The highest BCUT2D eigenvalue weighted by Crippen LogP contribution is 2.55. The van der Waals surface area contributed by atoms with Gasteiger partial charge in [-0.2, -0.15) is 0 Å². The maximum absolute atomic E-state index is 3.92. The molecule has 2 atom stereocenters. The van der Waals surface area contributed by atoms with Crippen LogP contribution in [0.3, 0.4) is 0 Å². The summed E-state index contributed by atoms with van der Waals surface area (Å²) < 4.78 is 0. The molecule has 2 nitrogen and oxygen atoms in total. The molecule has 0 radical (unpaired) electrons. The first kappa shape index (κ1) is 13.8. The molecule has 2 aliphatic carbocycles. The van der Waals surface area contributed by atoms with Crippen LogP contribution >= 0.6 is 0 Å². The fourth-order valence-corrected chi connectivity index (χ4v) is 4.64. The minimum Gasteiger partial charge on any atom is -0.317 e. The topological polar surface area (TPSA) is 24.1 Å². The minimum absolute atomic E-state index is 0.493. The molecule has 0 amide bonds. The van der Waals surface area contributed by atoms with Gasteiger partial charge in [0.15, 0.2) is 0 Å². The van der Waals surface area contributed by atoms with E-state index < -0.39 is 0 Å². The number of hydrogen-bond acceptors (Lipinski definition) is 2. The molecule has 1 aliphatic heterocycles. The Hall–Kier alpha value is -0.860. The van der Waals surface area contributed by atoms with Crippen molar-refractivity contribution in [1.29, 1.82) is 0 Å². The molecule has 1 heterocycles. The maximum Gasteiger partial charge on any atom is 0.0174 e. The molecule has 2 N–H and O–H groups in total. The zero-order chi connectivity index (χ0) is 14.3. The predicted molar refractivity (Wildman–Crippen MR) is 87.8 cm³/mol. The van der Waals surface area contributed by atoms with Crippen LogP contribution < -0.4 is 10.6 Å².